The molecule has 1 heterocycles. The third-order valence-corrected chi connectivity index (χ3v) is 4.21. The maximum Gasteiger partial charge on any atom is 0.253 e. The molecule has 0 aromatic heterocycles. The minimum Gasteiger partial charge on any atom is -0.336 e. The largest absolute Gasteiger partial charge is 0.336 e. The van der Waals surface area contributed by atoms with Gasteiger partial charge in [0, 0.05) is 43.4 Å². The van der Waals surface area contributed by atoms with Gasteiger partial charge in [-0.2, -0.15) is 0 Å². The van der Waals surface area contributed by atoms with Crippen LogP contribution in [0.4, 0.5) is 4.39 Å². The molecule has 4 nitrogen and oxygen atoms in total. The number of carbonyl (C=O) groups is 2. The topological polar surface area (TPSA) is 40.6 Å². The SMILES string of the molecule is O=C(/C=C/c1ccccc1F)N1CCN(C(=O)c2ccccc2)CC1. The summed E-state index contributed by atoms with van der Waals surface area (Å²) < 4.78 is 13.6. The van der Waals surface area contributed by atoms with Gasteiger partial charge in [-0.25, -0.2) is 4.39 Å². The van der Waals surface area contributed by atoms with E-state index in [0.717, 1.165) is 0 Å². The Morgan fingerprint density at radius 3 is 2.12 bits per heavy atom. The van der Waals surface area contributed by atoms with Crippen LogP contribution in [0.25, 0.3) is 6.08 Å². The van der Waals surface area contributed by atoms with Crippen molar-refractivity contribution in [3.05, 3.63) is 77.6 Å². The van der Waals surface area contributed by atoms with Crippen LogP contribution in [0.1, 0.15) is 15.9 Å². The Bertz CT molecular complexity index is 781. The van der Waals surface area contributed by atoms with Crippen LogP contribution in [-0.4, -0.2) is 47.8 Å². The van der Waals surface area contributed by atoms with Crippen LogP contribution in [0, 0.1) is 5.82 Å². The summed E-state index contributed by atoms with van der Waals surface area (Å²) in [6, 6.07) is 15.4. The van der Waals surface area contributed by atoms with E-state index in [1.54, 1.807) is 40.1 Å². The number of rotatable bonds is 3. The van der Waals surface area contributed by atoms with Crippen LogP contribution >= 0.6 is 0 Å². The summed E-state index contributed by atoms with van der Waals surface area (Å²) in [4.78, 5) is 28.1. The average molecular weight is 338 g/mol. The lowest BCUT2D eigenvalue weighted by molar-refractivity contribution is -0.127. The molecular formula is C20H19FN2O2. The molecule has 25 heavy (non-hydrogen) atoms. The predicted molar refractivity (Wildman–Crippen MR) is 94.4 cm³/mol. The Morgan fingerprint density at radius 1 is 0.840 bits per heavy atom. The standard InChI is InChI=1S/C20H19FN2O2/c21-18-9-5-4-6-16(18)10-11-19(24)22-12-14-23(15-13-22)20(25)17-7-2-1-3-8-17/h1-11H,12-15H2/b11-10+. The molecule has 2 amide bonds. The highest BCUT2D eigenvalue weighted by Gasteiger charge is 2.23. The van der Waals surface area contributed by atoms with Crippen molar-refractivity contribution >= 4 is 17.9 Å². The van der Waals surface area contributed by atoms with Crippen LogP contribution in [0.3, 0.4) is 0 Å². The van der Waals surface area contributed by atoms with Gasteiger partial charge in [0.05, 0.1) is 0 Å². The molecule has 0 N–H and O–H groups in total. The lowest BCUT2D eigenvalue weighted by Gasteiger charge is -2.34. The van der Waals surface area contributed by atoms with Gasteiger partial charge in [-0.1, -0.05) is 36.4 Å². The summed E-state index contributed by atoms with van der Waals surface area (Å²) >= 11 is 0. The lowest BCUT2D eigenvalue weighted by Crippen LogP contribution is -2.50. The first-order chi connectivity index (χ1) is 12.1. The Balaban J connectivity index is 1.56. The number of carbonyl (C=O) groups excluding carboxylic acids is 2. The van der Waals surface area contributed by atoms with Gasteiger partial charge < -0.3 is 9.80 Å². The zero-order valence-electron chi connectivity index (χ0n) is 13.8. The first-order valence-electron chi connectivity index (χ1n) is 8.21. The van der Waals surface area contributed by atoms with Crippen molar-refractivity contribution in [1.29, 1.82) is 0 Å². The van der Waals surface area contributed by atoms with E-state index in [-0.39, 0.29) is 17.6 Å². The molecule has 0 radical (unpaired) electrons. The Labute approximate surface area is 146 Å². The van der Waals surface area contributed by atoms with Crippen LogP contribution in [0.2, 0.25) is 0 Å². The third kappa shape index (κ3) is 4.12. The minimum atomic E-state index is -0.357. The normalized spacial score (nSPS) is 14.8. The zero-order chi connectivity index (χ0) is 17.6. The van der Waals surface area contributed by atoms with Crippen molar-refractivity contribution in [3.63, 3.8) is 0 Å². The lowest BCUT2D eigenvalue weighted by atomic mass is 10.1. The first-order valence-corrected chi connectivity index (χ1v) is 8.21. The van der Waals surface area contributed by atoms with Crippen LogP contribution in [0.5, 0.6) is 0 Å². The van der Waals surface area contributed by atoms with Gasteiger partial charge in [0.1, 0.15) is 5.82 Å². The van der Waals surface area contributed by atoms with E-state index in [0.29, 0.717) is 37.3 Å². The molecule has 1 fully saturated rings. The maximum absolute atomic E-state index is 13.6. The maximum atomic E-state index is 13.6. The fraction of sp³-hybridized carbons (Fsp3) is 0.200. The van der Waals surface area contributed by atoms with Crippen molar-refractivity contribution in [2.24, 2.45) is 0 Å². The molecule has 0 atom stereocenters. The van der Waals surface area contributed by atoms with E-state index in [4.69, 9.17) is 0 Å². The Hall–Kier alpha value is -2.95. The van der Waals surface area contributed by atoms with E-state index >= 15 is 0 Å². The van der Waals surface area contributed by atoms with Crippen molar-refractivity contribution in [2.45, 2.75) is 0 Å². The van der Waals surface area contributed by atoms with Gasteiger partial charge in [0.25, 0.3) is 5.91 Å². The summed E-state index contributed by atoms with van der Waals surface area (Å²) in [5.41, 5.74) is 1.04. The zero-order valence-corrected chi connectivity index (χ0v) is 13.8. The molecule has 1 aliphatic rings. The highest BCUT2D eigenvalue weighted by Crippen LogP contribution is 2.11. The van der Waals surface area contributed by atoms with Gasteiger partial charge >= 0.3 is 0 Å². The van der Waals surface area contributed by atoms with Crippen LogP contribution in [-0.2, 0) is 4.79 Å². The number of benzene rings is 2. The number of nitrogens with zero attached hydrogens (tertiary/aromatic N) is 2. The van der Waals surface area contributed by atoms with Crippen LogP contribution in [0.15, 0.2) is 60.7 Å². The summed E-state index contributed by atoms with van der Waals surface area (Å²) in [6.45, 7) is 1.93. The van der Waals surface area contributed by atoms with Crippen molar-refractivity contribution < 1.29 is 14.0 Å². The van der Waals surface area contributed by atoms with E-state index < -0.39 is 0 Å². The second-order valence-electron chi connectivity index (χ2n) is 5.84. The molecule has 2 aromatic rings. The van der Waals surface area contributed by atoms with E-state index in [1.165, 1.54) is 18.2 Å². The van der Waals surface area contributed by atoms with Crippen molar-refractivity contribution in [1.82, 2.24) is 9.80 Å². The fourth-order valence-electron chi connectivity index (χ4n) is 2.77. The number of piperazine rings is 1. The molecule has 1 aliphatic heterocycles. The molecule has 0 spiro atoms. The molecule has 0 aliphatic carbocycles. The van der Waals surface area contributed by atoms with Gasteiger partial charge in [0.15, 0.2) is 0 Å². The monoisotopic (exact) mass is 338 g/mol. The second-order valence-corrected chi connectivity index (χ2v) is 5.84. The summed E-state index contributed by atoms with van der Waals surface area (Å²) in [7, 11) is 0. The second kappa shape index (κ2) is 7.75. The first kappa shape index (κ1) is 16.9. The van der Waals surface area contributed by atoms with E-state index in [2.05, 4.69) is 0 Å². The molecule has 0 saturated carbocycles. The number of amides is 2. The Kier molecular flexibility index (Phi) is 5.23. The molecule has 0 unspecified atom stereocenters. The number of hydrogen-bond acceptors (Lipinski definition) is 2. The van der Waals surface area contributed by atoms with Gasteiger partial charge in [-0.05, 0) is 24.3 Å². The predicted octanol–water partition coefficient (Wildman–Crippen LogP) is 2.82. The highest BCUT2D eigenvalue weighted by atomic mass is 19.1. The van der Waals surface area contributed by atoms with E-state index in [1.807, 2.05) is 18.2 Å². The quantitative estimate of drug-likeness (QED) is 0.808. The molecular weight excluding hydrogens is 319 g/mol. The number of hydrogen-bond donors (Lipinski definition) is 0. The van der Waals surface area contributed by atoms with Crippen LogP contribution < -0.4 is 0 Å². The molecule has 1 saturated heterocycles. The summed E-state index contributed by atoms with van der Waals surface area (Å²) in [6.07, 6.45) is 2.87. The molecule has 0 bridgehead atoms. The van der Waals surface area contributed by atoms with Gasteiger partial charge in [-0.15, -0.1) is 0 Å². The average Bonchev–Trinajstić information content (AvgIpc) is 2.67. The highest BCUT2D eigenvalue weighted by molar-refractivity contribution is 5.95. The minimum absolute atomic E-state index is 0.0189. The van der Waals surface area contributed by atoms with E-state index in [9.17, 15) is 14.0 Å². The fourth-order valence-corrected chi connectivity index (χ4v) is 2.77. The molecule has 128 valence electrons. The summed E-state index contributed by atoms with van der Waals surface area (Å²) in [5, 5.41) is 0. The smallest absolute Gasteiger partial charge is 0.253 e. The van der Waals surface area contributed by atoms with Gasteiger partial charge in [-0.3, -0.25) is 9.59 Å². The van der Waals surface area contributed by atoms with Crippen molar-refractivity contribution in [3.8, 4) is 0 Å². The van der Waals surface area contributed by atoms with Gasteiger partial charge in [0.2, 0.25) is 5.91 Å². The third-order valence-electron chi connectivity index (χ3n) is 4.21. The summed E-state index contributed by atoms with van der Waals surface area (Å²) in [5.74, 6) is -0.547. The molecule has 2 aromatic carbocycles. The number of halogens is 1. The molecule has 5 heteroatoms. The Morgan fingerprint density at radius 2 is 1.44 bits per heavy atom. The molecule has 3 rings (SSSR count). The van der Waals surface area contributed by atoms with Crippen molar-refractivity contribution in [2.75, 3.05) is 26.2 Å².